The van der Waals surface area contributed by atoms with Crippen LogP contribution in [0.5, 0.6) is 0 Å². The smallest absolute Gasteiger partial charge is 0.379 e. The molecular weight excluding hydrogens is 260 g/mol. The van der Waals surface area contributed by atoms with E-state index in [-0.39, 0.29) is 6.61 Å². The van der Waals surface area contributed by atoms with Crippen LogP contribution in [0.25, 0.3) is 0 Å². The summed E-state index contributed by atoms with van der Waals surface area (Å²) in [5, 5.41) is 0. The van der Waals surface area contributed by atoms with Gasteiger partial charge in [0, 0.05) is 10.0 Å². The lowest BCUT2D eigenvalue weighted by molar-refractivity contribution is -0.137. The van der Waals surface area contributed by atoms with Gasteiger partial charge in [-0.2, -0.15) is 0 Å². The van der Waals surface area contributed by atoms with E-state index in [2.05, 4.69) is 20.7 Å². The van der Waals surface area contributed by atoms with Gasteiger partial charge in [0.05, 0.1) is 6.61 Å². The summed E-state index contributed by atoms with van der Waals surface area (Å²) >= 11 is 3.30. The molecule has 0 N–H and O–H groups in total. The van der Waals surface area contributed by atoms with Crippen molar-refractivity contribution in [1.82, 2.24) is 0 Å². The first-order valence-electron chi connectivity index (χ1n) is 4.54. The number of rotatable bonds is 3. The number of benzene rings is 1. The number of hydrogen-bond acceptors (Lipinski definition) is 3. The molecule has 15 heavy (non-hydrogen) atoms. The minimum Gasteiger partial charge on any atom is -0.460 e. The van der Waals surface area contributed by atoms with Crippen LogP contribution < -0.4 is 0 Å². The van der Waals surface area contributed by atoms with E-state index in [0.29, 0.717) is 5.56 Å². The number of hydrogen-bond donors (Lipinski definition) is 0. The molecule has 0 atom stereocenters. The molecule has 1 rings (SSSR count). The van der Waals surface area contributed by atoms with Gasteiger partial charge in [-0.05, 0) is 25.5 Å². The van der Waals surface area contributed by atoms with Crippen molar-refractivity contribution in [2.45, 2.75) is 13.8 Å². The van der Waals surface area contributed by atoms with Gasteiger partial charge in [-0.1, -0.05) is 28.1 Å². The van der Waals surface area contributed by atoms with Gasteiger partial charge in [-0.15, -0.1) is 0 Å². The first kappa shape index (κ1) is 11.9. The molecule has 0 aliphatic carbocycles. The van der Waals surface area contributed by atoms with Crippen LogP contribution in [0.2, 0.25) is 0 Å². The van der Waals surface area contributed by atoms with Crippen LogP contribution in [-0.4, -0.2) is 18.4 Å². The normalized spacial score (nSPS) is 9.80. The van der Waals surface area contributed by atoms with E-state index in [1.807, 2.05) is 6.07 Å². The highest BCUT2D eigenvalue weighted by Crippen LogP contribution is 2.19. The second kappa shape index (κ2) is 5.07. The van der Waals surface area contributed by atoms with Crippen LogP contribution in [0.1, 0.15) is 22.8 Å². The zero-order chi connectivity index (χ0) is 11.4. The number of Topliss-reactive ketones (excluding diaryl/α,β-unsaturated/α-hetero) is 1. The third kappa shape index (κ3) is 2.65. The number of ketones is 1. The molecule has 0 saturated carbocycles. The summed E-state index contributed by atoms with van der Waals surface area (Å²) in [5.74, 6) is -1.41. The van der Waals surface area contributed by atoms with E-state index >= 15 is 0 Å². The SMILES string of the molecule is CCOC(=O)C(=O)c1cccc(Br)c1C. The van der Waals surface area contributed by atoms with Crippen molar-refractivity contribution in [2.24, 2.45) is 0 Å². The van der Waals surface area contributed by atoms with E-state index in [4.69, 9.17) is 0 Å². The van der Waals surface area contributed by atoms with Crippen molar-refractivity contribution in [2.75, 3.05) is 6.61 Å². The molecule has 4 heteroatoms. The molecule has 0 heterocycles. The lowest BCUT2D eigenvalue weighted by atomic mass is 10.1. The molecule has 1 aromatic rings. The van der Waals surface area contributed by atoms with E-state index in [9.17, 15) is 9.59 Å². The van der Waals surface area contributed by atoms with Crippen molar-refractivity contribution in [3.8, 4) is 0 Å². The summed E-state index contributed by atoms with van der Waals surface area (Å²) in [6.45, 7) is 3.65. The molecule has 0 fully saturated rings. The molecule has 0 aromatic heterocycles. The Morgan fingerprint density at radius 1 is 1.40 bits per heavy atom. The average Bonchev–Trinajstić information content (AvgIpc) is 2.21. The van der Waals surface area contributed by atoms with Gasteiger partial charge >= 0.3 is 5.97 Å². The third-order valence-corrected chi connectivity index (χ3v) is 2.83. The highest BCUT2D eigenvalue weighted by atomic mass is 79.9. The van der Waals surface area contributed by atoms with Crippen molar-refractivity contribution in [1.29, 1.82) is 0 Å². The minimum absolute atomic E-state index is 0.206. The molecule has 3 nitrogen and oxygen atoms in total. The van der Waals surface area contributed by atoms with Gasteiger partial charge in [-0.25, -0.2) is 4.79 Å². The van der Waals surface area contributed by atoms with Crippen LogP contribution in [-0.2, 0) is 9.53 Å². The van der Waals surface area contributed by atoms with Crippen LogP contribution in [0.15, 0.2) is 22.7 Å². The molecule has 0 saturated heterocycles. The Balaban J connectivity index is 3.01. The van der Waals surface area contributed by atoms with Gasteiger partial charge < -0.3 is 4.74 Å². The highest BCUT2D eigenvalue weighted by Gasteiger charge is 2.19. The van der Waals surface area contributed by atoms with E-state index in [0.717, 1.165) is 10.0 Å². The third-order valence-electron chi connectivity index (χ3n) is 1.97. The predicted octanol–water partition coefficient (Wildman–Crippen LogP) is 2.50. The van der Waals surface area contributed by atoms with Gasteiger partial charge in [0.1, 0.15) is 0 Å². The molecule has 80 valence electrons. The summed E-state index contributed by atoms with van der Waals surface area (Å²) in [6, 6.07) is 5.14. The van der Waals surface area contributed by atoms with E-state index in [1.165, 1.54) is 0 Å². The van der Waals surface area contributed by atoms with Crippen LogP contribution in [0, 0.1) is 6.92 Å². The Morgan fingerprint density at radius 3 is 2.67 bits per heavy atom. The Labute approximate surface area is 96.6 Å². The monoisotopic (exact) mass is 270 g/mol. The maximum absolute atomic E-state index is 11.6. The predicted molar refractivity (Wildman–Crippen MR) is 59.8 cm³/mol. The lowest BCUT2D eigenvalue weighted by Gasteiger charge is -2.05. The van der Waals surface area contributed by atoms with Crippen LogP contribution in [0.4, 0.5) is 0 Å². The quantitative estimate of drug-likeness (QED) is 0.482. The summed E-state index contributed by atoms with van der Waals surface area (Å²) in [4.78, 5) is 22.8. The molecular formula is C11H11BrO3. The molecule has 0 aliphatic heterocycles. The van der Waals surface area contributed by atoms with Gasteiger partial charge in [0.15, 0.2) is 0 Å². The summed E-state index contributed by atoms with van der Waals surface area (Å²) in [7, 11) is 0. The number of carbonyl (C=O) groups is 2. The maximum atomic E-state index is 11.6. The first-order chi connectivity index (χ1) is 7.07. The molecule has 0 radical (unpaired) electrons. The van der Waals surface area contributed by atoms with Crippen LogP contribution >= 0.6 is 15.9 Å². The summed E-state index contributed by atoms with van der Waals surface area (Å²) in [6.07, 6.45) is 0. The summed E-state index contributed by atoms with van der Waals surface area (Å²) in [5.41, 5.74) is 1.12. The van der Waals surface area contributed by atoms with Crippen molar-refractivity contribution in [3.05, 3.63) is 33.8 Å². The fourth-order valence-corrected chi connectivity index (χ4v) is 1.53. The number of carbonyl (C=O) groups excluding carboxylic acids is 2. The number of halogens is 1. The fraction of sp³-hybridized carbons (Fsp3) is 0.273. The van der Waals surface area contributed by atoms with Crippen molar-refractivity contribution >= 4 is 27.7 Å². The average molecular weight is 271 g/mol. The molecule has 0 aliphatic rings. The van der Waals surface area contributed by atoms with E-state index in [1.54, 1.807) is 26.0 Å². The Kier molecular flexibility index (Phi) is 4.03. The molecule has 1 aromatic carbocycles. The summed E-state index contributed by atoms with van der Waals surface area (Å²) < 4.78 is 5.45. The van der Waals surface area contributed by atoms with Crippen molar-refractivity contribution < 1.29 is 14.3 Å². The molecule has 0 unspecified atom stereocenters. The standard InChI is InChI=1S/C11H11BrO3/c1-3-15-11(14)10(13)8-5-4-6-9(12)7(8)2/h4-6H,3H2,1-2H3. The lowest BCUT2D eigenvalue weighted by Crippen LogP contribution is -2.18. The second-order valence-electron chi connectivity index (χ2n) is 2.96. The molecule has 0 bridgehead atoms. The Morgan fingerprint density at radius 2 is 2.07 bits per heavy atom. The Hall–Kier alpha value is -1.16. The minimum atomic E-state index is -0.807. The topological polar surface area (TPSA) is 43.4 Å². The maximum Gasteiger partial charge on any atom is 0.379 e. The largest absolute Gasteiger partial charge is 0.460 e. The number of ether oxygens (including phenoxy) is 1. The molecule has 0 spiro atoms. The van der Waals surface area contributed by atoms with Gasteiger partial charge in [-0.3, -0.25) is 4.79 Å². The number of esters is 1. The Bertz CT molecular complexity index is 399. The first-order valence-corrected chi connectivity index (χ1v) is 5.33. The molecule has 0 amide bonds. The zero-order valence-electron chi connectivity index (χ0n) is 8.54. The van der Waals surface area contributed by atoms with Gasteiger partial charge in [0.25, 0.3) is 5.78 Å². The van der Waals surface area contributed by atoms with Crippen molar-refractivity contribution in [3.63, 3.8) is 0 Å². The second-order valence-corrected chi connectivity index (χ2v) is 3.82. The van der Waals surface area contributed by atoms with E-state index < -0.39 is 11.8 Å². The van der Waals surface area contributed by atoms with Crippen LogP contribution in [0.3, 0.4) is 0 Å². The zero-order valence-corrected chi connectivity index (χ0v) is 10.1. The fourth-order valence-electron chi connectivity index (χ4n) is 1.16. The highest BCUT2D eigenvalue weighted by molar-refractivity contribution is 9.10. The van der Waals surface area contributed by atoms with Gasteiger partial charge in [0.2, 0.25) is 0 Å².